The number of hydrogen-bond donors (Lipinski definition) is 2. The molecule has 3 aromatic rings. The molecule has 154 valence electrons. The van der Waals surface area contributed by atoms with E-state index in [0.29, 0.717) is 22.1 Å². The Balaban J connectivity index is 1.85. The van der Waals surface area contributed by atoms with Gasteiger partial charge in [-0.15, -0.1) is 0 Å². The van der Waals surface area contributed by atoms with E-state index in [2.05, 4.69) is 29.1 Å². The second kappa shape index (κ2) is 8.86. The molecule has 1 atom stereocenters. The number of carbonyl (C=O) groups is 1. The van der Waals surface area contributed by atoms with Crippen LogP contribution in [0.25, 0.3) is 11.0 Å². The Morgan fingerprint density at radius 3 is 2.69 bits per heavy atom. The van der Waals surface area contributed by atoms with Crippen LogP contribution in [0.3, 0.4) is 0 Å². The first-order valence-electron chi connectivity index (χ1n) is 9.95. The van der Waals surface area contributed by atoms with Crippen molar-refractivity contribution in [3.8, 4) is 0 Å². The van der Waals surface area contributed by atoms with E-state index in [0.717, 1.165) is 23.4 Å². The van der Waals surface area contributed by atoms with E-state index in [1.165, 1.54) is 11.8 Å². The second-order valence-corrected chi connectivity index (χ2v) is 8.56. The van der Waals surface area contributed by atoms with Crippen LogP contribution in [0.4, 0.5) is 5.69 Å². The first kappa shape index (κ1) is 21.2. The fraction of sp³-hybridized carbons (Fsp3) is 0.409. The lowest BCUT2D eigenvalue weighted by atomic mass is 10.0. The van der Waals surface area contributed by atoms with Gasteiger partial charge in [-0.25, -0.2) is 4.98 Å². The van der Waals surface area contributed by atoms with Gasteiger partial charge in [0.25, 0.3) is 5.56 Å². The lowest BCUT2D eigenvalue weighted by molar-refractivity contribution is -0.113. The Labute approximate surface area is 175 Å². The zero-order valence-electron chi connectivity index (χ0n) is 17.6. The highest BCUT2D eigenvalue weighted by Gasteiger charge is 2.18. The summed E-state index contributed by atoms with van der Waals surface area (Å²) >= 11 is 1.30. The Morgan fingerprint density at radius 1 is 1.28 bits per heavy atom. The Bertz CT molecular complexity index is 1080. The number of thioether (sulfide) groups is 1. The van der Waals surface area contributed by atoms with Gasteiger partial charge in [-0.3, -0.25) is 14.2 Å². The van der Waals surface area contributed by atoms with Crippen molar-refractivity contribution in [1.29, 1.82) is 0 Å². The van der Waals surface area contributed by atoms with E-state index in [1.807, 2.05) is 51.1 Å². The number of nitrogens with one attached hydrogen (secondary N) is 2. The number of fused-ring (bicyclic) bond motifs is 1. The zero-order valence-corrected chi connectivity index (χ0v) is 18.4. The number of amides is 1. The van der Waals surface area contributed by atoms with Gasteiger partial charge < -0.3 is 10.3 Å². The topological polar surface area (TPSA) is 79.8 Å². The molecule has 0 aliphatic rings. The molecule has 0 spiro atoms. The first-order valence-corrected chi connectivity index (χ1v) is 10.9. The third-order valence-corrected chi connectivity index (χ3v) is 5.96. The number of anilines is 1. The van der Waals surface area contributed by atoms with E-state index in [-0.39, 0.29) is 23.3 Å². The Morgan fingerprint density at radius 2 is 2.00 bits per heavy atom. The van der Waals surface area contributed by atoms with Gasteiger partial charge in [0.05, 0.1) is 11.3 Å². The molecule has 0 bridgehead atoms. The maximum absolute atomic E-state index is 13.0. The van der Waals surface area contributed by atoms with Crippen LogP contribution in [0.1, 0.15) is 57.3 Å². The number of aromatic nitrogens is 3. The molecule has 7 heteroatoms. The Kier molecular flexibility index (Phi) is 6.47. The maximum Gasteiger partial charge on any atom is 0.278 e. The number of aryl methyl sites for hydroxylation is 1. The van der Waals surface area contributed by atoms with E-state index in [4.69, 9.17) is 0 Å². The lowest BCUT2D eigenvalue weighted by Crippen LogP contribution is -2.26. The average molecular weight is 413 g/mol. The predicted octanol–water partition coefficient (Wildman–Crippen LogP) is 4.86. The normalized spacial score (nSPS) is 12.5. The fourth-order valence-electron chi connectivity index (χ4n) is 3.29. The number of benzene rings is 1. The Hall–Kier alpha value is -2.54. The van der Waals surface area contributed by atoms with Crippen molar-refractivity contribution in [2.24, 2.45) is 0 Å². The lowest BCUT2D eigenvalue weighted by Gasteiger charge is -2.17. The number of rotatable bonds is 7. The van der Waals surface area contributed by atoms with E-state index >= 15 is 0 Å². The summed E-state index contributed by atoms with van der Waals surface area (Å²) in [6, 6.07) is 9.69. The summed E-state index contributed by atoms with van der Waals surface area (Å²) in [5, 5.41) is 3.57. The molecule has 2 heterocycles. The highest BCUT2D eigenvalue weighted by Crippen LogP contribution is 2.25. The van der Waals surface area contributed by atoms with E-state index in [1.54, 1.807) is 4.57 Å². The number of hydrogen-bond acceptors (Lipinski definition) is 4. The quantitative estimate of drug-likeness (QED) is 0.429. The second-order valence-electron chi connectivity index (χ2n) is 7.62. The van der Waals surface area contributed by atoms with Crippen LogP contribution in [-0.4, -0.2) is 26.2 Å². The van der Waals surface area contributed by atoms with Crippen molar-refractivity contribution in [2.75, 3.05) is 11.1 Å². The van der Waals surface area contributed by atoms with Gasteiger partial charge in [0.1, 0.15) is 5.52 Å². The molecule has 29 heavy (non-hydrogen) atoms. The van der Waals surface area contributed by atoms with Crippen molar-refractivity contribution in [2.45, 2.75) is 58.2 Å². The van der Waals surface area contributed by atoms with Crippen LogP contribution in [0, 0.1) is 6.92 Å². The van der Waals surface area contributed by atoms with Crippen LogP contribution in [-0.2, 0) is 4.79 Å². The van der Waals surface area contributed by atoms with Crippen molar-refractivity contribution < 1.29 is 4.79 Å². The van der Waals surface area contributed by atoms with Crippen molar-refractivity contribution in [3.05, 3.63) is 51.9 Å². The molecule has 1 unspecified atom stereocenters. The third-order valence-electron chi connectivity index (χ3n) is 5.01. The smallest absolute Gasteiger partial charge is 0.278 e. The first-order chi connectivity index (χ1) is 13.8. The van der Waals surface area contributed by atoms with Crippen LogP contribution < -0.4 is 10.9 Å². The largest absolute Gasteiger partial charge is 0.353 e. The average Bonchev–Trinajstić information content (AvgIpc) is 3.06. The summed E-state index contributed by atoms with van der Waals surface area (Å²) in [5.41, 5.74) is 3.89. The molecular formula is C22H28N4O2S. The third kappa shape index (κ3) is 4.56. The molecule has 0 aliphatic heterocycles. The van der Waals surface area contributed by atoms with Crippen LogP contribution in [0.5, 0.6) is 0 Å². The zero-order chi connectivity index (χ0) is 21.1. The maximum atomic E-state index is 13.0. The highest BCUT2D eigenvalue weighted by molar-refractivity contribution is 7.99. The van der Waals surface area contributed by atoms with Crippen molar-refractivity contribution in [1.82, 2.24) is 14.5 Å². The summed E-state index contributed by atoms with van der Waals surface area (Å²) in [6.45, 7) is 10.1. The van der Waals surface area contributed by atoms with Gasteiger partial charge in [-0.05, 0) is 43.9 Å². The molecule has 6 nitrogen and oxygen atoms in total. The molecule has 0 aliphatic carbocycles. The van der Waals surface area contributed by atoms with Crippen LogP contribution in [0.2, 0.25) is 0 Å². The molecule has 1 amide bonds. The van der Waals surface area contributed by atoms with Gasteiger partial charge >= 0.3 is 0 Å². The number of H-pyrrole nitrogens is 1. The SMILES string of the molecule is CCC(C)n1c(SCC(=O)Nc2ccccc2C(C)C)nc2cc(C)[nH]c2c1=O. The van der Waals surface area contributed by atoms with Crippen molar-refractivity contribution in [3.63, 3.8) is 0 Å². The van der Waals surface area contributed by atoms with Gasteiger partial charge in [0, 0.05) is 17.4 Å². The minimum atomic E-state index is -0.113. The van der Waals surface area contributed by atoms with Gasteiger partial charge in [-0.1, -0.05) is 50.7 Å². The molecule has 3 rings (SSSR count). The summed E-state index contributed by atoms with van der Waals surface area (Å²) < 4.78 is 1.69. The summed E-state index contributed by atoms with van der Waals surface area (Å²) in [6.07, 6.45) is 0.800. The summed E-state index contributed by atoms with van der Waals surface area (Å²) in [5.74, 6) is 0.388. The van der Waals surface area contributed by atoms with Gasteiger partial charge in [0.15, 0.2) is 5.16 Å². The standard InChI is InChI=1S/C22H28N4O2S/c1-6-15(5)26-21(28)20-18(11-14(4)23-20)25-22(26)29-12-19(27)24-17-10-8-7-9-16(17)13(2)3/h7-11,13,15,23H,6,12H2,1-5H3,(H,24,27). The van der Waals surface area contributed by atoms with Crippen molar-refractivity contribution >= 4 is 34.4 Å². The molecule has 0 radical (unpaired) electrons. The van der Waals surface area contributed by atoms with E-state index in [9.17, 15) is 9.59 Å². The molecule has 0 fully saturated rings. The number of nitrogens with zero attached hydrogens (tertiary/aromatic N) is 2. The highest BCUT2D eigenvalue weighted by atomic mass is 32.2. The van der Waals surface area contributed by atoms with Crippen LogP contribution in [0.15, 0.2) is 40.3 Å². The minimum Gasteiger partial charge on any atom is -0.353 e. The minimum absolute atomic E-state index is 0.00441. The molecule has 0 saturated heterocycles. The van der Waals surface area contributed by atoms with Gasteiger partial charge in [0.2, 0.25) is 5.91 Å². The molecule has 2 N–H and O–H groups in total. The number of carbonyl (C=O) groups excluding carboxylic acids is 1. The molecular weight excluding hydrogens is 384 g/mol. The van der Waals surface area contributed by atoms with Crippen LogP contribution >= 0.6 is 11.8 Å². The summed E-state index contributed by atoms with van der Waals surface area (Å²) in [7, 11) is 0. The molecule has 0 saturated carbocycles. The number of para-hydroxylation sites is 1. The van der Waals surface area contributed by atoms with E-state index < -0.39 is 0 Å². The molecule has 2 aromatic heterocycles. The van der Waals surface area contributed by atoms with Gasteiger partial charge in [-0.2, -0.15) is 0 Å². The monoisotopic (exact) mass is 412 g/mol. The predicted molar refractivity (Wildman–Crippen MR) is 120 cm³/mol. The summed E-state index contributed by atoms with van der Waals surface area (Å²) in [4.78, 5) is 33.4. The fourth-order valence-corrected chi connectivity index (χ4v) is 4.19. The molecule has 1 aromatic carbocycles. The number of aromatic amines is 1.